The van der Waals surface area contributed by atoms with Crippen molar-refractivity contribution in [1.82, 2.24) is 9.97 Å². The van der Waals surface area contributed by atoms with E-state index in [0.29, 0.717) is 6.04 Å². The quantitative estimate of drug-likeness (QED) is 0.772. The Kier molecular flexibility index (Phi) is 2.87. The van der Waals surface area contributed by atoms with Crippen LogP contribution in [0, 0.1) is 5.92 Å². The van der Waals surface area contributed by atoms with Crippen molar-refractivity contribution in [2.24, 2.45) is 5.92 Å². The molecular weight excluding hydrogens is 282 g/mol. The highest BCUT2D eigenvalue weighted by molar-refractivity contribution is 5.87. The molecule has 1 saturated carbocycles. The molecule has 5 rings (SSSR count). The van der Waals surface area contributed by atoms with Gasteiger partial charge in [0, 0.05) is 23.8 Å². The van der Waals surface area contributed by atoms with Gasteiger partial charge in [-0.15, -0.1) is 0 Å². The van der Waals surface area contributed by atoms with E-state index in [-0.39, 0.29) is 0 Å². The molecule has 2 heterocycles. The molecule has 0 amide bonds. The minimum atomic E-state index is 0.522. The van der Waals surface area contributed by atoms with Gasteiger partial charge in [0.1, 0.15) is 5.52 Å². The minimum Gasteiger partial charge on any atom is -0.365 e. The Hall–Kier alpha value is -2.42. The summed E-state index contributed by atoms with van der Waals surface area (Å²) in [4.78, 5) is 9.04. The molecule has 3 unspecified atom stereocenters. The molecule has 1 fully saturated rings. The first kappa shape index (κ1) is 13.1. The summed E-state index contributed by atoms with van der Waals surface area (Å²) in [5.41, 5.74) is 4.11. The normalized spacial score (nSPS) is 25.3. The van der Waals surface area contributed by atoms with E-state index in [2.05, 4.69) is 45.6 Å². The predicted octanol–water partition coefficient (Wildman–Crippen LogP) is 4.16. The molecule has 2 aliphatic carbocycles. The summed E-state index contributed by atoms with van der Waals surface area (Å²) in [6.07, 6.45) is 7.40. The SMILES string of the molecule is c1ccc2c(c1)CCC1C(Nc3nccc4cccnc34)CC21. The number of pyridine rings is 2. The fourth-order valence-corrected chi connectivity index (χ4v) is 4.36. The minimum absolute atomic E-state index is 0.522. The number of nitrogens with zero attached hydrogens (tertiary/aromatic N) is 2. The first-order valence-electron chi connectivity index (χ1n) is 8.44. The summed E-state index contributed by atoms with van der Waals surface area (Å²) < 4.78 is 0. The Morgan fingerprint density at radius 3 is 2.91 bits per heavy atom. The van der Waals surface area contributed by atoms with Crippen LogP contribution in [0.15, 0.2) is 54.9 Å². The summed E-state index contributed by atoms with van der Waals surface area (Å²) in [5.74, 6) is 2.39. The van der Waals surface area contributed by atoms with E-state index >= 15 is 0 Å². The van der Waals surface area contributed by atoms with Crippen LogP contribution in [0.25, 0.3) is 10.9 Å². The van der Waals surface area contributed by atoms with E-state index < -0.39 is 0 Å². The summed E-state index contributed by atoms with van der Waals surface area (Å²) in [5, 5.41) is 4.83. The van der Waals surface area contributed by atoms with Crippen LogP contribution >= 0.6 is 0 Å². The summed E-state index contributed by atoms with van der Waals surface area (Å²) >= 11 is 0. The lowest BCUT2D eigenvalue weighted by Gasteiger charge is -2.49. The van der Waals surface area contributed by atoms with Crippen molar-refractivity contribution >= 4 is 16.7 Å². The maximum atomic E-state index is 4.54. The highest BCUT2D eigenvalue weighted by atomic mass is 15.0. The van der Waals surface area contributed by atoms with Gasteiger partial charge in [-0.1, -0.05) is 30.3 Å². The number of nitrogens with one attached hydrogen (secondary N) is 1. The summed E-state index contributed by atoms with van der Waals surface area (Å²) in [6, 6.07) is 15.6. The summed E-state index contributed by atoms with van der Waals surface area (Å²) in [7, 11) is 0. The fourth-order valence-electron chi connectivity index (χ4n) is 4.36. The number of hydrogen-bond donors (Lipinski definition) is 1. The molecule has 3 aromatic rings. The first-order chi connectivity index (χ1) is 11.4. The highest BCUT2D eigenvalue weighted by Gasteiger charge is 2.44. The topological polar surface area (TPSA) is 37.8 Å². The van der Waals surface area contributed by atoms with Crippen LogP contribution in [0.2, 0.25) is 0 Å². The van der Waals surface area contributed by atoms with Crippen molar-refractivity contribution in [2.75, 3.05) is 5.32 Å². The number of aromatic nitrogens is 2. The Morgan fingerprint density at radius 1 is 0.957 bits per heavy atom. The van der Waals surface area contributed by atoms with Crippen LogP contribution in [0.3, 0.4) is 0 Å². The lowest BCUT2D eigenvalue weighted by molar-refractivity contribution is 0.194. The lowest BCUT2D eigenvalue weighted by atomic mass is 9.60. The van der Waals surface area contributed by atoms with Crippen molar-refractivity contribution in [3.8, 4) is 0 Å². The number of benzene rings is 1. The van der Waals surface area contributed by atoms with Crippen molar-refractivity contribution in [3.63, 3.8) is 0 Å². The van der Waals surface area contributed by atoms with Crippen molar-refractivity contribution in [1.29, 1.82) is 0 Å². The molecule has 3 atom stereocenters. The average molecular weight is 301 g/mol. The predicted molar refractivity (Wildman–Crippen MR) is 92.6 cm³/mol. The van der Waals surface area contributed by atoms with Gasteiger partial charge in [-0.25, -0.2) is 4.98 Å². The van der Waals surface area contributed by atoms with Gasteiger partial charge in [0.15, 0.2) is 5.82 Å². The van der Waals surface area contributed by atoms with E-state index in [0.717, 1.165) is 28.6 Å². The molecule has 0 bridgehead atoms. The smallest absolute Gasteiger partial charge is 0.152 e. The second-order valence-corrected chi connectivity index (χ2v) is 6.73. The third-order valence-electron chi connectivity index (χ3n) is 5.59. The van der Waals surface area contributed by atoms with E-state index in [1.165, 1.54) is 19.3 Å². The Balaban J connectivity index is 1.41. The third kappa shape index (κ3) is 2.03. The van der Waals surface area contributed by atoms with Crippen LogP contribution < -0.4 is 5.32 Å². The fraction of sp³-hybridized carbons (Fsp3) is 0.300. The van der Waals surface area contributed by atoms with Gasteiger partial charge in [0.05, 0.1) is 0 Å². The number of aryl methyl sites for hydroxylation is 1. The second-order valence-electron chi connectivity index (χ2n) is 6.73. The number of hydrogen-bond acceptors (Lipinski definition) is 3. The second kappa shape index (κ2) is 5.05. The van der Waals surface area contributed by atoms with Crippen LogP contribution in [0.1, 0.15) is 29.9 Å². The summed E-state index contributed by atoms with van der Waals surface area (Å²) in [6.45, 7) is 0. The van der Waals surface area contributed by atoms with Crippen molar-refractivity contribution in [2.45, 2.75) is 31.2 Å². The zero-order valence-electron chi connectivity index (χ0n) is 12.9. The molecule has 0 aliphatic heterocycles. The zero-order valence-corrected chi connectivity index (χ0v) is 12.9. The van der Waals surface area contributed by atoms with Gasteiger partial charge >= 0.3 is 0 Å². The van der Waals surface area contributed by atoms with Gasteiger partial charge < -0.3 is 5.32 Å². The molecule has 3 heteroatoms. The number of anilines is 1. The van der Waals surface area contributed by atoms with Gasteiger partial charge in [-0.2, -0.15) is 0 Å². The van der Waals surface area contributed by atoms with Crippen LogP contribution in [0.5, 0.6) is 0 Å². The van der Waals surface area contributed by atoms with Crippen molar-refractivity contribution in [3.05, 3.63) is 66.0 Å². The standard InChI is InChI=1S/C20H19N3/c1-2-6-15-13(4-1)7-8-16-17(15)12-18(16)23-20-19-14(9-11-22-20)5-3-10-21-19/h1-6,9-11,16-18H,7-8,12H2,(H,22,23). The van der Waals surface area contributed by atoms with Crippen LogP contribution in [-0.4, -0.2) is 16.0 Å². The van der Waals surface area contributed by atoms with Gasteiger partial charge in [0.25, 0.3) is 0 Å². The molecule has 114 valence electrons. The van der Waals surface area contributed by atoms with E-state index in [4.69, 9.17) is 0 Å². The Bertz CT molecular complexity index is 868. The Morgan fingerprint density at radius 2 is 1.91 bits per heavy atom. The Labute approximate surface area is 135 Å². The van der Waals surface area contributed by atoms with E-state index in [9.17, 15) is 0 Å². The highest BCUT2D eigenvalue weighted by Crippen LogP contribution is 2.50. The maximum Gasteiger partial charge on any atom is 0.152 e. The molecule has 2 aliphatic rings. The molecular formula is C20H19N3. The largest absolute Gasteiger partial charge is 0.365 e. The number of fused-ring (bicyclic) bond motifs is 4. The van der Waals surface area contributed by atoms with Gasteiger partial charge in [0.2, 0.25) is 0 Å². The monoisotopic (exact) mass is 301 g/mol. The molecule has 23 heavy (non-hydrogen) atoms. The van der Waals surface area contributed by atoms with Crippen LogP contribution in [0.4, 0.5) is 5.82 Å². The molecule has 0 saturated heterocycles. The molecule has 1 N–H and O–H groups in total. The van der Waals surface area contributed by atoms with Gasteiger partial charge in [-0.05, 0) is 54.4 Å². The zero-order chi connectivity index (χ0) is 15.2. The molecule has 0 radical (unpaired) electrons. The maximum absolute atomic E-state index is 4.54. The third-order valence-corrected chi connectivity index (χ3v) is 5.59. The van der Waals surface area contributed by atoms with E-state index in [1.807, 2.05) is 24.5 Å². The molecule has 0 spiro atoms. The molecule has 3 nitrogen and oxygen atoms in total. The first-order valence-corrected chi connectivity index (χ1v) is 8.44. The van der Waals surface area contributed by atoms with Gasteiger partial charge in [-0.3, -0.25) is 4.98 Å². The molecule has 2 aromatic heterocycles. The molecule has 1 aromatic carbocycles. The van der Waals surface area contributed by atoms with Crippen LogP contribution in [-0.2, 0) is 6.42 Å². The number of rotatable bonds is 2. The average Bonchev–Trinajstić information content (AvgIpc) is 2.59. The lowest BCUT2D eigenvalue weighted by Crippen LogP contribution is -2.47. The van der Waals surface area contributed by atoms with Crippen molar-refractivity contribution < 1.29 is 0 Å². The van der Waals surface area contributed by atoms with E-state index in [1.54, 1.807) is 11.1 Å².